The minimum absolute atomic E-state index is 0.0516. The van der Waals surface area contributed by atoms with Gasteiger partial charge in [-0.15, -0.1) is 0 Å². The molecule has 1 aliphatic heterocycles. The van der Waals surface area contributed by atoms with Crippen LogP contribution in [0.1, 0.15) is 30.1 Å². The summed E-state index contributed by atoms with van der Waals surface area (Å²) in [6, 6.07) is 2.14. The molecule has 0 N–H and O–H groups in total. The van der Waals surface area contributed by atoms with Crippen molar-refractivity contribution in [1.29, 1.82) is 0 Å². The summed E-state index contributed by atoms with van der Waals surface area (Å²) in [6.45, 7) is 2.77. The maximum atomic E-state index is 12.7. The van der Waals surface area contributed by atoms with Crippen LogP contribution >= 0.6 is 27.5 Å². The van der Waals surface area contributed by atoms with Gasteiger partial charge in [-0.3, -0.25) is 4.79 Å². The normalized spacial score (nSPS) is 23.0. The van der Waals surface area contributed by atoms with Crippen molar-refractivity contribution in [2.75, 3.05) is 6.61 Å². The third-order valence-corrected chi connectivity index (χ3v) is 4.28. The van der Waals surface area contributed by atoms with E-state index in [-0.39, 0.29) is 23.2 Å². The molecule has 19 heavy (non-hydrogen) atoms. The molecule has 1 amide bonds. The molecular weight excluding hydrogens is 332 g/mol. The van der Waals surface area contributed by atoms with Crippen LogP contribution in [0.2, 0.25) is 5.15 Å². The lowest BCUT2D eigenvalue weighted by Gasteiger charge is -2.28. The lowest BCUT2D eigenvalue weighted by Crippen LogP contribution is -2.43. The SMILES string of the molecule is CC(C1CO1)N(C(=O)c1cc(Br)cnc1Cl)C1CC1. The average Bonchev–Trinajstić information content (AvgIpc) is 3.24. The van der Waals surface area contributed by atoms with Gasteiger partial charge in [0.2, 0.25) is 0 Å². The Morgan fingerprint density at radius 2 is 2.32 bits per heavy atom. The van der Waals surface area contributed by atoms with Crippen molar-refractivity contribution in [2.45, 2.75) is 38.0 Å². The Hall–Kier alpha value is -0.650. The number of aromatic nitrogens is 1. The lowest BCUT2D eigenvalue weighted by molar-refractivity contribution is 0.0643. The van der Waals surface area contributed by atoms with E-state index in [0.717, 1.165) is 23.9 Å². The molecule has 2 aliphatic rings. The second kappa shape index (κ2) is 5.04. The molecule has 2 unspecified atom stereocenters. The number of hydrogen-bond donors (Lipinski definition) is 0. The number of rotatable bonds is 4. The van der Waals surface area contributed by atoms with Crippen molar-refractivity contribution in [2.24, 2.45) is 0 Å². The van der Waals surface area contributed by atoms with Gasteiger partial charge >= 0.3 is 0 Å². The number of carbonyl (C=O) groups excluding carboxylic acids is 1. The summed E-state index contributed by atoms with van der Waals surface area (Å²) in [5, 5.41) is 0.253. The van der Waals surface area contributed by atoms with E-state index in [1.165, 1.54) is 0 Å². The molecule has 1 saturated heterocycles. The summed E-state index contributed by atoms with van der Waals surface area (Å²) < 4.78 is 6.07. The Balaban J connectivity index is 1.89. The number of ether oxygens (including phenoxy) is 1. The van der Waals surface area contributed by atoms with E-state index in [2.05, 4.69) is 20.9 Å². The Bertz CT molecular complexity index is 517. The minimum atomic E-state index is -0.0516. The van der Waals surface area contributed by atoms with Crippen molar-refractivity contribution >= 4 is 33.4 Å². The molecular formula is C13H14BrClN2O2. The van der Waals surface area contributed by atoms with Crippen molar-refractivity contribution in [3.05, 3.63) is 27.5 Å². The van der Waals surface area contributed by atoms with Crippen LogP contribution in [0.4, 0.5) is 0 Å². The molecule has 4 nitrogen and oxygen atoms in total. The van der Waals surface area contributed by atoms with Crippen molar-refractivity contribution < 1.29 is 9.53 Å². The monoisotopic (exact) mass is 344 g/mol. The van der Waals surface area contributed by atoms with Gasteiger partial charge in [-0.25, -0.2) is 4.98 Å². The molecule has 1 aromatic rings. The Morgan fingerprint density at radius 1 is 1.63 bits per heavy atom. The van der Waals surface area contributed by atoms with Crippen LogP contribution in [-0.4, -0.2) is 40.6 Å². The highest BCUT2D eigenvalue weighted by Gasteiger charge is 2.43. The fourth-order valence-corrected chi connectivity index (χ4v) is 2.78. The van der Waals surface area contributed by atoms with Crippen molar-refractivity contribution in [3.63, 3.8) is 0 Å². The first-order valence-corrected chi connectivity index (χ1v) is 7.50. The van der Waals surface area contributed by atoms with Crippen LogP contribution in [0, 0.1) is 0 Å². The number of nitrogens with zero attached hydrogens (tertiary/aromatic N) is 2. The first-order valence-electron chi connectivity index (χ1n) is 6.33. The maximum absolute atomic E-state index is 12.7. The molecule has 2 fully saturated rings. The summed E-state index contributed by atoms with van der Waals surface area (Å²) in [4.78, 5) is 18.6. The summed E-state index contributed by atoms with van der Waals surface area (Å²) in [5.74, 6) is -0.0516. The number of carbonyl (C=O) groups is 1. The molecule has 3 rings (SSSR count). The molecule has 0 spiro atoms. The number of hydrogen-bond acceptors (Lipinski definition) is 3. The van der Waals surface area contributed by atoms with Gasteiger partial charge in [0.15, 0.2) is 0 Å². The van der Waals surface area contributed by atoms with Crippen molar-refractivity contribution in [3.8, 4) is 0 Å². The van der Waals surface area contributed by atoms with Gasteiger partial charge in [0.05, 0.1) is 18.2 Å². The molecule has 0 bridgehead atoms. The van der Waals surface area contributed by atoms with E-state index in [0.29, 0.717) is 11.6 Å². The zero-order chi connectivity index (χ0) is 13.6. The average molecular weight is 346 g/mol. The first-order chi connectivity index (χ1) is 9.08. The van der Waals surface area contributed by atoms with Crippen LogP contribution in [0.5, 0.6) is 0 Å². The second-order valence-corrected chi connectivity index (χ2v) is 6.32. The quantitative estimate of drug-likeness (QED) is 0.622. The third-order valence-electron chi connectivity index (χ3n) is 3.55. The Morgan fingerprint density at radius 3 is 2.89 bits per heavy atom. The van der Waals surface area contributed by atoms with E-state index in [1.807, 2.05) is 11.8 Å². The van der Waals surface area contributed by atoms with E-state index >= 15 is 0 Å². The number of halogens is 2. The molecule has 1 saturated carbocycles. The fraction of sp³-hybridized carbons (Fsp3) is 0.538. The Kier molecular flexibility index (Phi) is 3.53. The molecule has 6 heteroatoms. The van der Waals surface area contributed by atoms with E-state index in [4.69, 9.17) is 16.3 Å². The van der Waals surface area contributed by atoms with E-state index in [9.17, 15) is 4.79 Å². The van der Waals surface area contributed by atoms with Gasteiger partial charge < -0.3 is 9.64 Å². The highest BCUT2D eigenvalue weighted by Crippen LogP contribution is 2.34. The summed E-state index contributed by atoms with van der Waals surface area (Å²) in [6.07, 6.45) is 3.88. The van der Waals surface area contributed by atoms with Gasteiger partial charge in [0, 0.05) is 16.7 Å². The van der Waals surface area contributed by atoms with Gasteiger partial charge in [-0.1, -0.05) is 11.6 Å². The topological polar surface area (TPSA) is 45.7 Å². The van der Waals surface area contributed by atoms with Gasteiger partial charge in [-0.2, -0.15) is 0 Å². The summed E-state index contributed by atoms with van der Waals surface area (Å²) in [7, 11) is 0. The van der Waals surface area contributed by atoms with Crippen LogP contribution in [0.3, 0.4) is 0 Å². The minimum Gasteiger partial charge on any atom is -0.371 e. The summed E-state index contributed by atoms with van der Waals surface area (Å²) in [5.41, 5.74) is 0.454. The number of epoxide rings is 1. The highest BCUT2D eigenvalue weighted by atomic mass is 79.9. The number of pyridine rings is 1. The third kappa shape index (κ3) is 2.78. The maximum Gasteiger partial charge on any atom is 0.257 e. The first kappa shape index (κ1) is 13.3. The Labute approximate surface area is 125 Å². The molecule has 2 atom stereocenters. The molecule has 1 aromatic heterocycles. The van der Waals surface area contributed by atoms with Crippen molar-refractivity contribution in [1.82, 2.24) is 9.88 Å². The van der Waals surface area contributed by atoms with Crippen LogP contribution in [-0.2, 0) is 4.74 Å². The van der Waals surface area contributed by atoms with Crippen LogP contribution in [0.25, 0.3) is 0 Å². The van der Waals surface area contributed by atoms with Gasteiger partial charge in [0.1, 0.15) is 11.3 Å². The van der Waals surface area contributed by atoms with Crippen LogP contribution < -0.4 is 0 Å². The molecule has 102 valence electrons. The van der Waals surface area contributed by atoms with Gasteiger partial charge in [-0.05, 0) is 41.8 Å². The van der Waals surface area contributed by atoms with Crippen LogP contribution in [0.15, 0.2) is 16.7 Å². The molecule has 0 aromatic carbocycles. The smallest absolute Gasteiger partial charge is 0.257 e. The van der Waals surface area contributed by atoms with E-state index < -0.39 is 0 Å². The largest absolute Gasteiger partial charge is 0.371 e. The molecule has 0 radical (unpaired) electrons. The van der Waals surface area contributed by atoms with Gasteiger partial charge in [0.25, 0.3) is 5.91 Å². The zero-order valence-electron chi connectivity index (χ0n) is 10.5. The van der Waals surface area contributed by atoms with E-state index in [1.54, 1.807) is 12.3 Å². The predicted octanol–water partition coefficient (Wildman–Crippen LogP) is 2.89. The molecule has 2 heterocycles. The standard InChI is InChI=1S/C13H14BrClN2O2/c1-7(11-6-19-11)17(9-2-3-9)13(18)10-4-8(14)5-16-12(10)15/h4-5,7,9,11H,2-3,6H2,1H3. The zero-order valence-corrected chi connectivity index (χ0v) is 12.8. The predicted molar refractivity (Wildman–Crippen MR) is 75.3 cm³/mol. The highest BCUT2D eigenvalue weighted by molar-refractivity contribution is 9.10. The summed E-state index contributed by atoms with van der Waals surface area (Å²) >= 11 is 9.38. The second-order valence-electron chi connectivity index (χ2n) is 5.05. The fourth-order valence-electron chi connectivity index (χ4n) is 2.26. The molecule has 1 aliphatic carbocycles. The lowest BCUT2D eigenvalue weighted by atomic mass is 10.1. The number of amides is 1.